The van der Waals surface area contributed by atoms with Crippen molar-refractivity contribution in [3.05, 3.63) is 0 Å². The van der Waals surface area contributed by atoms with Crippen LogP contribution in [-0.2, 0) is 0 Å². The molecule has 2 heteroatoms. The van der Waals surface area contributed by atoms with Crippen molar-refractivity contribution in [3.8, 4) is 6.07 Å². The molecule has 0 heterocycles. The van der Waals surface area contributed by atoms with Crippen LogP contribution in [0, 0.1) is 11.3 Å². The molecule has 0 rings (SSSR count). The molecule has 0 saturated heterocycles. The van der Waals surface area contributed by atoms with E-state index in [0.29, 0.717) is 0 Å². The second-order valence-corrected chi connectivity index (χ2v) is 7.73. The first kappa shape index (κ1) is 10.3. The van der Waals surface area contributed by atoms with Crippen LogP contribution in [0.3, 0.4) is 0 Å². The summed E-state index contributed by atoms with van der Waals surface area (Å²) in [4.78, 5) is 0. The summed E-state index contributed by atoms with van der Waals surface area (Å²) in [5.41, 5.74) is 0. The first-order valence-electron chi connectivity index (χ1n) is 3.67. The molecule has 0 aliphatic heterocycles. The predicted octanol–water partition coefficient (Wildman–Crippen LogP) is 2.63. The van der Waals surface area contributed by atoms with Crippen molar-refractivity contribution in [2.45, 2.75) is 41.5 Å². The third-order valence-corrected chi connectivity index (χ3v) is 4.96. The number of hydrogen-bond donors (Lipinski definition) is 0. The molecule has 58 valence electrons. The predicted molar refractivity (Wildman–Crippen MR) is 45.1 cm³/mol. The van der Waals surface area contributed by atoms with E-state index >= 15 is 0 Å². The van der Waals surface area contributed by atoms with Crippen LogP contribution in [0.1, 0.15) is 33.6 Å². The Kier molecular flexibility index (Phi) is 5.14. The van der Waals surface area contributed by atoms with Crippen LogP contribution in [0.4, 0.5) is 0 Å². The molecule has 0 fully saturated rings. The van der Waals surface area contributed by atoms with Crippen LogP contribution >= 0.6 is 0 Å². The molecule has 0 aromatic rings. The monoisotopic (exact) mass is 255 g/mol. The van der Waals surface area contributed by atoms with Crippen molar-refractivity contribution >= 4 is 20.9 Å². The molecule has 0 bridgehead atoms. The van der Waals surface area contributed by atoms with E-state index in [1.165, 1.54) is 17.3 Å². The van der Waals surface area contributed by atoms with Crippen molar-refractivity contribution in [1.82, 2.24) is 0 Å². The zero-order valence-corrected chi connectivity index (χ0v) is 9.31. The number of nitriles is 1. The summed E-state index contributed by atoms with van der Waals surface area (Å²) in [6, 6.07) is 2.36. The maximum atomic E-state index is 8.68. The van der Waals surface area contributed by atoms with E-state index < -0.39 is 0 Å². The zero-order chi connectivity index (χ0) is 8.04. The summed E-state index contributed by atoms with van der Waals surface area (Å²) < 4.78 is 1.35. The van der Waals surface area contributed by atoms with Gasteiger partial charge in [0.05, 0.1) is 0 Å². The van der Waals surface area contributed by atoms with E-state index in [-0.39, 0.29) is 24.4 Å². The Bertz CT molecular complexity index is 124. The quantitative estimate of drug-likeness (QED) is 0.558. The molecule has 0 aromatic carbocycles. The fraction of sp³-hybridized carbons (Fsp3) is 0.875. The summed E-state index contributed by atoms with van der Waals surface area (Å²) in [7, 11) is 0. The van der Waals surface area contributed by atoms with E-state index in [0.717, 1.165) is 0 Å². The normalized spacial score (nSPS) is 11.0. The molecule has 1 nitrogen and oxygen atoms in total. The second-order valence-electron chi connectivity index (χ2n) is 2.82. The molecule has 0 saturated carbocycles. The van der Waals surface area contributed by atoms with Gasteiger partial charge in [-0.15, -0.1) is 0 Å². The van der Waals surface area contributed by atoms with Gasteiger partial charge < -0.3 is 0 Å². The molecule has 0 aliphatic rings. The van der Waals surface area contributed by atoms with Gasteiger partial charge in [0.2, 0.25) is 0 Å². The SMILES string of the molecule is CCCC[Te]C(C)(C)C#N. The standard InChI is InChI=1S/C8H15NTe/c1-4-5-6-10-8(2,3)7-9/h4-6H2,1-3H3. The van der Waals surface area contributed by atoms with Gasteiger partial charge in [-0.25, -0.2) is 0 Å². The van der Waals surface area contributed by atoms with E-state index in [9.17, 15) is 0 Å². The van der Waals surface area contributed by atoms with Crippen molar-refractivity contribution < 1.29 is 0 Å². The maximum absolute atomic E-state index is 8.68. The second kappa shape index (κ2) is 5.00. The Hall–Kier alpha value is 0.280. The molecule has 0 atom stereocenters. The van der Waals surface area contributed by atoms with Gasteiger partial charge in [-0.3, -0.25) is 0 Å². The van der Waals surface area contributed by atoms with Crippen molar-refractivity contribution in [3.63, 3.8) is 0 Å². The van der Waals surface area contributed by atoms with E-state index in [1.54, 1.807) is 0 Å². The minimum atomic E-state index is -0.0579. The first-order valence-corrected chi connectivity index (χ1v) is 6.49. The summed E-state index contributed by atoms with van der Waals surface area (Å²) in [6.45, 7) is 6.32. The summed E-state index contributed by atoms with van der Waals surface area (Å²) >= 11 is -0.0579. The van der Waals surface area contributed by atoms with Crippen LogP contribution in [0.15, 0.2) is 0 Å². The van der Waals surface area contributed by atoms with Gasteiger partial charge >= 0.3 is 73.8 Å². The average Bonchev–Trinajstić information content (AvgIpc) is 1.89. The van der Waals surface area contributed by atoms with E-state index in [4.69, 9.17) is 5.26 Å². The summed E-state index contributed by atoms with van der Waals surface area (Å²) in [5.74, 6) is 0. The molecular formula is C8H15NTe. The van der Waals surface area contributed by atoms with Crippen LogP contribution in [0.5, 0.6) is 0 Å². The summed E-state index contributed by atoms with van der Waals surface area (Å²) in [6.07, 6.45) is 2.58. The number of unbranched alkanes of at least 4 members (excludes halogenated alkanes) is 1. The fourth-order valence-electron chi connectivity index (χ4n) is 0.504. The Morgan fingerprint density at radius 1 is 1.50 bits per heavy atom. The van der Waals surface area contributed by atoms with Gasteiger partial charge in [0.15, 0.2) is 0 Å². The zero-order valence-electron chi connectivity index (χ0n) is 6.98. The molecule has 10 heavy (non-hydrogen) atoms. The molecule has 0 unspecified atom stereocenters. The molecule has 0 aromatic heterocycles. The van der Waals surface area contributed by atoms with Crippen molar-refractivity contribution in [2.75, 3.05) is 0 Å². The molecule has 0 N–H and O–H groups in total. The van der Waals surface area contributed by atoms with Gasteiger partial charge in [0, 0.05) is 0 Å². The third-order valence-electron chi connectivity index (χ3n) is 1.23. The van der Waals surface area contributed by atoms with Gasteiger partial charge in [-0.1, -0.05) is 0 Å². The Balaban J connectivity index is 3.40. The van der Waals surface area contributed by atoms with Crippen molar-refractivity contribution in [1.29, 1.82) is 5.26 Å². The molecular weight excluding hydrogens is 238 g/mol. The Labute approximate surface area is 73.9 Å². The Morgan fingerprint density at radius 2 is 2.10 bits per heavy atom. The minimum absolute atomic E-state index is 0.0280. The molecule has 0 amide bonds. The van der Waals surface area contributed by atoms with Gasteiger partial charge in [0.25, 0.3) is 0 Å². The Morgan fingerprint density at radius 3 is 2.50 bits per heavy atom. The number of rotatable bonds is 4. The van der Waals surface area contributed by atoms with Gasteiger partial charge in [0.1, 0.15) is 0 Å². The topological polar surface area (TPSA) is 23.8 Å². The van der Waals surface area contributed by atoms with Crippen LogP contribution in [0.2, 0.25) is 7.93 Å². The fourth-order valence-corrected chi connectivity index (χ4v) is 3.38. The molecule has 0 spiro atoms. The third kappa shape index (κ3) is 5.10. The van der Waals surface area contributed by atoms with Crippen molar-refractivity contribution in [2.24, 2.45) is 0 Å². The number of hydrogen-bond acceptors (Lipinski definition) is 1. The number of nitrogens with zero attached hydrogens (tertiary/aromatic N) is 1. The first-order chi connectivity index (χ1) is 4.62. The molecule has 0 radical (unpaired) electrons. The van der Waals surface area contributed by atoms with E-state index in [2.05, 4.69) is 26.8 Å². The molecule has 0 aliphatic carbocycles. The van der Waals surface area contributed by atoms with Crippen LogP contribution in [0.25, 0.3) is 0 Å². The average molecular weight is 253 g/mol. The van der Waals surface area contributed by atoms with Crippen LogP contribution < -0.4 is 0 Å². The van der Waals surface area contributed by atoms with Gasteiger partial charge in [-0.2, -0.15) is 0 Å². The van der Waals surface area contributed by atoms with E-state index in [1.807, 2.05) is 0 Å². The summed E-state index contributed by atoms with van der Waals surface area (Å²) in [5, 5.41) is 8.68. The van der Waals surface area contributed by atoms with Gasteiger partial charge in [-0.05, 0) is 0 Å². The van der Waals surface area contributed by atoms with Crippen LogP contribution in [-0.4, -0.2) is 20.9 Å².